The maximum atomic E-state index is 13.7. The van der Waals surface area contributed by atoms with E-state index in [0.29, 0.717) is 18.4 Å². The van der Waals surface area contributed by atoms with E-state index in [4.69, 9.17) is 0 Å². The van der Waals surface area contributed by atoms with E-state index in [1.807, 2.05) is 6.92 Å². The average molecular weight is 273 g/mol. The van der Waals surface area contributed by atoms with E-state index in [1.54, 1.807) is 19.2 Å². The van der Waals surface area contributed by atoms with Gasteiger partial charge in [0.1, 0.15) is 15.7 Å². The monoisotopic (exact) mass is 273 g/mol. The molecule has 0 aliphatic rings. The molecule has 1 aromatic carbocycles. The average Bonchev–Trinajstić information content (AvgIpc) is 2.27. The molecule has 0 radical (unpaired) electrons. The summed E-state index contributed by atoms with van der Waals surface area (Å²) in [5, 5.41) is 3.04. The minimum atomic E-state index is -2.95. The van der Waals surface area contributed by atoms with Crippen molar-refractivity contribution in [3.05, 3.63) is 35.1 Å². The van der Waals surface area contributed by atoms with Gasteiger partial charge in [-0.05, 0) is 32.9 Å². The predicted octanol–water partition coefficient (Wildman–Crippen LogP) is 2.22. The lowest BCUT2D eigenvalue weighted by Gasteiger charge is -2.17. The molecule has 18 heavy (non-hydrogen) atoms. The van der Waals surface area contributed by atoms with Crippen molar-refractivity contribution < 1.29 is 12.8 Å². The molecule has 102 valence electrons. The number of halogens is 1. The fourth-order valence-corrected chi connectivity index (χ4v) is 2.63. The zero-order valence-corrected chi connectivity index (χ0v) is 11.8. The van der Waals surface area contributed by atoms with Crippen molar-refractivity contribution in [2.24, 2.45) is 0 Å². The van der Waals surface area contributed by atoms with Gasteiger partial charge in [-0.3, -0.25) is 0 Å². The zero-order chi connectivity index (χ0) is 13.8. The van der Waals surface area contributed by atoms with E-state index in [1.165, 1.54) is 12.3 Å². The third kappa shape index (κ3) is 4.74. The van der Waals surface area contributed by atoms with Gasteiger partial charge < -0.3 is 5.32 Å². The van der Waals surface area contributed by atoms with Gasteiger partial charge in [0.15, 0.2) is 0 Å². The van der Waals surface area contributed by atoms with Gasteiger partial charge in [0.05, 0.1) is 0 Å². The summed E-state index contributed by atoms with van der Waals surface area (Å²) in [5.41, 5.74) is 1.60. The smallest absolute Gasteiger partial charge is 0.147 e. The second kappa shape index (κ2) is 6.29. The van der Waals surface area contributed by atoms with Crippen LogP contribution in [0.1, 0.15) is 30.0 Å². The van der Waals surface area contributed by atoms with Crippen molar-refractivity contribution in [3.63, 3.8) is 0 Å². The summed E-state index contributed by atoms with van der Waals surface area (Å²) in [5.74, 6) is -0.113. The molecule has 0 fully saturated rings. The summed E-state index contributed by atoms with van der Waals surface area (Å²) in [6.07, 6.45) is 2.34. The number of nitrogens with one attached hydrogen (secondary N) is 1. The molecule has 0 saturated heterocycles. The highest BCUT2D eigenvalue weighted by Gasteiger charge is 2.14. The van der Waals surface area contributed by atoms with E-state index in [2.05, 4.69) is 5.32 Å². The molecular formula is C13H20FNO2S. The second-order valence-electron chi connectivity index (χ2n) is 4.64. The van der Waals surface area contributed by atoms with Gasteiger partial charge in [0.25, 0.3) is 0 Å². The Morgan fingerprint density at radius 1 is 1.39 bits per heavy atom. The van der Waals surface area contributed by atoms with Gasteiger partial charge in [0, 0.05) is 23.6 Å². The first kappa shape index (κ1) is 15.1. The van der Waals surface area contributed by atoms with Crippen LogP contribution >= 0.6 is 0 Å². The van der Waals surface area contributed by atoms with Crippen molar-refractivity contribution >= 4 is 9.84 Å². The van der Waals surface area contributed by atoms with Crippen LogP contribution < -0.4 is 5.32 Å². The van der Waals surface area contributed by atoms with Crippen LogP contribution in [0.15, 0.2) is 18.2 Å². The van der Waals surface area contributed by atoms with Crippen LogP contribution in [0.2, 0.25) is 0 Å². The molecule has 1 aromatic rings. The normalized spacial score (nSPS) is 13.6. The topological polar surface area (TPSA) is 46.2 Å². The highest BCUT2D eigenvalue weighted by molar-refractivity contribution is 7.90. The maximum absolute atomic E-state index is 13.7. The Hall–Kier alpha value is -0.940. The van der Waals surface area contributed by atoms with Crippen molar-refractivity contribution in [3.8, 4) is 0 Å². The summed E-state index contributed by atoms with van der Waals surface area (Å²) in [4.78, 5) is 0. The number of rotatable bonds is 6. The van der Waals surface area contributed by atoms with Gasteiger partial charge in [-0.15, -0.1) is 0 Å². The standard InChI is InChI=1S/C13H20FNO2S/c1-10-6-7-12(14)11(9-10)13(15-2)5-4-8-18(3,16)17/h6-7,9,13,15H,4-5,8H2,1-3H3. The van der Waals surface area contributed by atoms with Gasteiger partial charge in [-0.2, -0.15) is 0 Å². The number of benzene rings is 1. The summed E-state index contributed by atoms with van der Waals surface area (Å²) >= 11 is 0. The Kier molecular flexibility index (Phi) is 5.28. The minimum absolute atomic E-state index is 0.138. The Labute approximate surface area is 108 Å². The molecule has 1 rings (SSSR count). The first-order valence-electron chi connectivity index (χ1n) is 5.94. The molecule has 0 amide bonds. The molecule has 0 aliphatic heterocycles. The van der Waals surface area contributed by atoms with Gasteiger partial charge in [-0.25, -0.2) is 12.8 Å². The Morgan fingerprint density at radius 2 is 2.06 bits per heavy atom. The number of sulfone groups is 1. The summed E-state index contributed by atoms with van der Waals surface area (Å²) in [6.45, 7) is 1.91. The molecule has 1 unspecified atom stereocenters. The molecular weight excluding hydrogens is 253 g/mol. The lowest BCUT2D eigenvalue weighted by molar-refractivity contribution is 0.502. The van der Waals surface area contributed by atoms with Crippen molar-refractivity contribution in [2.75, 3.05) is 19.1 Å². The van der Waals surface area contributed by atoms with Crippen LogP contribution in [0.25, 0.3) is 0 Å². The van der Waals surface area contributed by atoms with Crippen molar-refractivity contribution in [1.29, 1.82) is 0 Å². The predicted molar refractivity (Wildman–Crippen MR) is 71.9 cm³/mol. The molecule has 1 atom stereocenters. The largest absolute Gasteiger partial charge is 0.313 e. The van der Waals surface area contributed by atoms with Crippen LogP contribution in [-0.4, -0.2) is 27.5 Å². The Morgan fingerprint density at radius 3 is 2.61 bits per heavy atom. The van der Waals surface area contributed by atoms with Crippen LogP contribution in [-0.2, 0) is 9.84 Å². The minimum Gasteiger partial charge on any atom is -0.313 e. The lowest BCUT2D eigenvalue weighted by atomic mass is 10.00. The molecule has 0 spiro atoms. The molecule has 0 heterocycles. The van der Waals surface area contributed by atoms with Crippen LogP contribution in [0.3, 0.4) is 0 Å². The fraction of sp³-hybridized carbons (Fsp3) is 0.538. The van der Waals surface area contributed by atoms with Crippen LogP contribution in [0, 0.1) is 12.7 Å². The summed E-state index contributed by atoms with van der Waals surface area (Å²) in [6, 6.07) is 4.83. The first-order chi connectivity index (χ1) is 8.33. The third-order valence-electron chi connectivity index (χ3n) is 2.88. The molecule has 3 nitrogen and oxygen atoms in total. The number of hydrogen-bond acceptors (Lipinski definition) is 3. The SMILES string of the molecule is CNC(CCCS(C)(=O)=O)c1cc(C)ccc1F. The Balaban J connectivity index is 2.74. The highest BCUT2D eigenvalue weighted by Crippen LogP contribution is 2.22. The quantitative estimate of drug-likeness (QED) is 0.864. The molecule has 1 N–H and O–H groups in total. The number of aryl methyl sites for hydroxylation is 1. The van der Waals surface area contributed by atoms with Gasteiger partial charge in [0.2, 0.25) is 0 Å². The third-order valence-corrected chi connectivity index (χ3v) is 3.91. The highest BCUT2D eigenvalue weighted by atomic mass is 32.2. The van der Waals surface area contributed by atoms with E-state index in [-0.39, 0.29) is 17.6 Å². The van der Waals surface area contributed by atoms with Crippen molar-refractivity contribution in [1.82, 2.24) is 5.32 Å². The molecule has 0 saturated carbocycles. The molecule has 0 aromatic heterocycles. The van der Waals surface area contributed by atoms with E-state index in [0.717, 1.165) is 5.56 Å². The zero-order valence-electron chi connectivity index (χ0n) is 11.0. The second-order valence-corrected chi connectivity index (χ2v) is 6.90. The van der Waals surface area contributed by atoms with E-state index < -0.39 is 9.84 Å². The molecule has 0 bridgehead atoms. The molecule has 0 aliphatic carbocycles. The molecule has 5 heteroatoms. The summed E-state index contributed by atoms with van der Waals surface area (Å²) < 4.78 is 35.8. The fourth-order valence-electron chi connectivity index (χ4n) is 1.94. The van der Waals surface area contributed by atoms with Gasteiger partial charge >= 0.3 is 0 Å². The number of hydrogen-bond donors (Lipinski definition) is 1. The van der Waals surface area contributed by atoms with E-state index in [9.17, 15) is 12.8 Å². The van der Waals surface area contributed by atoms with Crippen LogP contribution in [0.4, 0.5) is 4.39 Å². The maximum Gasteiger partial charge on any atom is 0.147 e. The van der Waals surface area contributed by atoms with Gasteiger partial charge in [-0.1, -0.05) is 17.7 Å². The summed E-state index contributed by atoms with van der Waals surface area (Å²) in [7, 11) is -1.19. The van der Waals surface area contributed by atoms with E-state index >= 15 is 0 Å². The van der Waals surface area contributed by atoms with Crippen molar-refractivity contribution in [2.45, 2.75) is 25.8 Å². The Bertz CT molecular complexity index is 500. The first-order valence-corrected chi connectivity index (χ1v) is 8.00. The van der Waals surface area contributed by atoms with Crippen LogP contribution in [0.5, 0.6) is 0 Å². The lowest BCUT2D eigenvalue weighted by Crippen LogP contribution is -2.19.